The number of aryl methyl sites for hydroxylation is 1. The number of nitro groups is 1. The van der Waals surface area contributed by atoms with Crippen LogP contribution in [0.15, 0.2) is 24.5 Å². The van der Waals surface area contributed by atoms with E-state index in [1.807, 2.05) is 0 Å². The van der Waals surface area contributed by atoms with Gasteiger partial charge in [-0.2, -0.15) is 4.98 Å². The Kier molecular flexibility index (Phi) is 3.57. The molecule has 0 unspecified atom stereocenters. The molecule has 0 amide bonds. The number of halogens is 2. The minimum absolute atomic E-state index is 0.000321. The molecule has 0 bridgehead atoms. The van der Waals surface area contributed by atoms with Crippen LogP contribution in [-0.4, -0.2) is 14.9 Å². The minimum Gasteiger partial charge on any atom is -0.434 e. The van der Waals surface area contributed by atoms with E-state index < -0.39 is 10.7 Å². The molecule has 0 spiro atoms. The highest BCUT2D eigenvalue weighted by Gasteiger charge is 2.17. The summed E-state index contributed by atoms with van der Waals surface area (Å²) >= 11 is 5.61. The molecular formula is C11H7ClFN3O3. The third-order valence-electron chi connectivity index (χ3n) is 2.24. The maximum atomic E-state index is 13.7. The van der Waals surface area contributed by atoms with E-state index in [9.17, 15) is 14.5 Å². The van der Waals surface area contributed by atoms with Crippen molar-refractivity contribution < 1.29 is 14.1 Å². The van der Waals surface area contributed by atoms with Crippen LogP contribution in [-0.2, 0) is 0 Å². The summed E-state index contributed by atoms with van der Waals surface area (Å²) in [5.74, 6) is -1.04. The predicted molar refractivity (Wildman–Crippen MR) is 64.9 cm³/mol. The van der Waals surface area contributed by atoms with Crippen molar-refractivity contribution in [2.75, 3.05) is 0 Å². The molecule has 0 aliphatic carbocycles. The number of hydrogen-bond donors (Lipinski definition) is 0. The Hall–Kier alpha value is -2.28. The molecule has 6 nitrogen and oxygen atoms in total. The van der Waals surface area contributed by atoms with Gasteiger partial charge in [0.25, 0.3) is 5.69 Å². The number of hydrogen-bond acceptors (Lipinski definition) is 5. The summed E-state index contributed by atoms with van der Waals surface area (Å²) in [6.45, 7) is 1.48. The molecule has 0 aliphatic rings. The fourth-order valence-corrected chi connectivity index (χ4v) is 1.55. The molecule has 0 fully saturated rings. The first-order valence-electron chi connectivity index (χ1n) is 5.07. The van der Waals surface area contributed by atoms with Crippen molar-refractivity contribution >= 4 is 17.3 Å². The average Bonchev–Trinajstić information content (AvgIpc) is 2.33. The quantitative estimate of drug-likeness (QED) is 0.638. The van der Waals surface area contributed by atoms with Gasteiger partial charge in [0.15, 0.2) is 16.7 Å². The standard InChI is InChI=1S/C11H7ClFN3O3/c1-6-2-9(7(13)3-8(6)16(17)18)19-11-5-14-4-10(12)15-11/h2-5H,1H3. The summed E-state index contributed by atoms with van der Waals surface area (Å²) in [6, 6.07) is 2.01. The molecule has 2 aromatic rings. The van der Waals surface area contributed by atoms with Crippen molar-refractivity contribution in [1.29, 1.82) is 0 Å². The van der Waals surface area contributed by atoms with Crippen LogP contribution in [0.3, 0.4) is 0 Å². The van der Waals surface area contributed by atoms with Crippen molar-refractivity contribution in [2.45, 2.75) is 6.92 Å². The first-order chi connectivity index (χ1) is 8.97. The summed E-state index contributed by atoms with van der Waals surface area (Å²) in [5.41, 5.74) is -0.0431. The van der Waals surface area contributed by atoms with Crippen molar-refractivity contribution in [2.24, 2.45) is 0 Å². The van der Waals surface area contributed by atoms with E-state index >= 15 is 0 Å². The Balaban J connectivity index is 2.36. The van der Waals surface area contributed by atoms with Crippen LogP contribution in [0, 0.1) is 22.9 Å². The first kappa shape index (κ1) is 13.2. The van der Waals surface area contributed by atoms with Gasteiger partial charge in [0.2, 0.25) is 5.88 Å². The molecule has 98 valence electrons. The minimum atomic E-state index is -0.862. The second kappa shape index (κ2) is 5.15. The molecule has 0 atom stereocenters. The zero-order valence-corrected chi connectivity index (χ0v) is 10.4. The monoisotopic (exact) mass is 283 g/mol. The fourth-order valence-electron chi connectivity index (χ4n) is 1.41. The molecule has 1 aromatic carbocycles. The van der Waals surface area contributed by atoms with Gasteiger partial charge in [-0.3, -0.25) is 15.1 Å². The highest BCUT2D eigenvalue weighted by Crippen LogP contribution is 2.29. The van der Waals surface area contributed by atoms with E-state index in [4.69, 9.17) is 16.3 Å². The van der Waals surface area contributed by atoms with Crippen LogP contribution in [0.25, 0.3) is 0 Å². The van der Waals surface area contributed by atoms with E-state index in [1.54, 1.807) is 0 Å². The fraction of sp³-hybridized carbons (Fsp3) is 0.0909. The summed E-state index contributed by atoms with van der Waals surface area (Å²) in [7, 11) is 0. The molecule has 0 saturated carbocycles. The highest BCUT2D eigenvalue weighted by molar-refractivity contribution is 6.29. The van der Waals surface area contributed by atoms with Crippen LogP contribution in [0.2, 0.25) is 5.15 Å². The summed E-state index contributed by atoms with van der Waals surface area (Å²) < 4.78 is 18.8. The predicted octanol–water partition coefficient (Wildman–Crippen LogP) is 3.28. The largest absolute Gasteiger partial charge is 0.434 e. The zero-order chi connectivity index (χ0) is 14.0. The van der Waals surface area contributed by atoms with E-state index in [0.717, 1.165) is 6.07 Å². The maximum absolute atomic E-state index is 13.7. The number of ether oxygens (including phenoxy) is 1. The van der Waals surface area contributed by atoms with Gasteiger partial charge in [-0.05, 0) is 13.0 Å². The lowest BCUT2D eigenvalue weighted by Crippen LogP contribution is -1.97. The Morgan fingerprint density at radius 3 is 2.79 bits per heavy atom. The van der Waals surface area contributed by atoms with Crippen LogP contribution in [0.5, 0.6) is 11.6 Å². The van der Waals surface area contributed by atoms with Crippen LogP contribution in [0.4, 0.5) is 10.1 Å². The SMILES string of the molecule is Cc1cc(Oc2cncc(Cl)n2)c(F)cc1[N+](=O)[O-]. The van der Waals surface area contributed by atoms with Crippen LogP contribution in [0.1, 0.15) is 5.56 Å². The number of nitrogens with zero attached hydrogens (tertiary/aromatic N) is 3. The smallest absolute Gasteiger partial charge is 0.275 e. The van der Waals surface area contributed by atoms with Crippen molar-refractivity contribution in [1.82, 2.24) is 9.97 Å². The molecule has 0 radical (unpaired) electrons. The maximum Gasteiger partial charge on any atom is 0.275 e. The third-order valence-corrected chi connectivity index (χ3v) is 2.43. The lowest BCUT2D eigenvalue weighted by atomic mass is 10.2. The van der Waals surface area contributed by atoms with Crippen LogP contribution < -0.4 is 4.74 Å². The molecule has 8 heteroatoms. The Labute approximate surface area is 112 Å². The average molecular weight is 284 g/mol. The highest BCUT2D eigenvalue weighted by atomic mass is 35.5. The van der Waals surface area contributed by atoms with E-state index in [-0.39, 0.29) is 28.0 Å². The van der Waals surface area contributed by atoms with Gasteiger partial charge in [-0.1, -0.05) is 11.6 Å². The lowest BCUT2D eigenvalue weighted by Gasteiger charge is -2.06. The van der Waals surface area contributed by atoms with Crippen molar-refractivity contribution in [3.05, 3.63) is 51.2 Å². The Morgan fingerprint density at radius 1 is 1.42 bits per heavy atom. The van der Waals surface area contributed by atoms with Crippen molar-refractivity contribution in [3.63, 3.8) is 0 Å². The second-order valence-corrected chi connectivity index (χ2v) is 4.00. The zero-order valence-electron chi connectivity index (χ0n) is 9.63. The summed E-state index contributed by atoms with van der Waals surface area (Å²) in [6.07, 6.45) is 2.55. The molecular weight excluding hydrogens is 277 g/mol. The van der Waals surface area contributed by atoms with E-state index in [2.05, 4.69) is 9.97 Å². The topological polar surface area (TPSA) is 78.2 Å². The molecule has 0 N–H and O–H groups in total. The van der Waals surface area contributed by atoms with Gasteiger partial charge in [0.1, 0.15) is 0 Å². The Morgan fingerprint density at radius 2 is 2.16 bits per heavy atom. The van der Waals surface area contributed by atoms with Gasteiger partial charge >= 0.3 is 0 Å². The molecule has 19 heavy (non-hydrogen) atoms. The van der Waals surface area contributed by atoms with Gasteiger partial charge in [-0.25, -0.2) is 4.39 Å². The molecule has 1 aromatic heterocycles. The van der Waals surface area contributed by atoms with Gasteiger partial charge < -0.3 is 4.74 Å². The second-order valence-electron chi connectivity index (χ2n) is 3.61. The molecule has 0 saturated heterocycles. The number of rotatable bonds is 3. The van der Waals surface area contributed by atoms with Gasteiger partial charge in [0.05, 0.1) is 23.4 Å². The molecule has 1 heterocycles. The number of nitro benzene ring substituents is 1. The first-order valence-corrected chi connectivity index (χ1v) is 5.45. The summed E-state index contributed by atoms with van der Waals surface area (Å²) in [4.78, 5) is 17.5. The summed E-state index contributed by atoms with van der Waals surface area (Å²) in [5, 5.41) is 10.7. The van der Waals surface area contributed by atoms with E-state index in [1.165, 1.54) is 25.4 Å². The normalized spacial score (nSPS) is 10.3. The van der Waals surface area contributed by atoms with Gasteiger partial charge in [0, 0.05) is 5.56 Å². The van der Waals surface area contributed by atoms with Crippen molar-refractivity contribution in [3.8, 4) is 11.6 Å². The lowest BCUT2D eigenvalue weighted by molar-refractivity contribution is -0.385. The van der Waals surface area contributed by atoms with Gasteiger partial charge in [-0.15, -0.1) is 0 Å². The molecule has 2 rings (SSSR count). The Bertz CT molecular complexity index is 651. The van der Waals surface area contributed by atoms with Crippen LogP contribution >= 0.6 is 11.6 Å². The number of aromatic nitrogens is 2. The number of benzene rings is 1. The third kappa shape index (κ3) is 2.94. The van der Waals surface area contributed by atoms with E-state index in [0.29, 0.717) is 0 Å². The molecule has 0 aliphatic heterocycles.